The van der Waals surface area contributed by atoms with Gasteiger partial charge in [-0.2, -0.15) is 9.40 Å². The van der Waals surface area contributed by atoms with Crippen molar-refractivity contribution in [2.75, 3.05) is 31.6 Å². The summed E-state index contributed by atoms with van der Waals surface area (Å²) in [5.74, 6) is -0.431. The van der Waals surface area contributed by atoms with Crippen LogP contribution in [-0.4, -0.2) is 54.7 Å². The number of carbonyl (C=O) groups excluding carboxylic acids is 1. The molecule has 1 fully saturated rings. The standard InChI is InChI=1S/C20H26N4O5S/c1-20(2,3)17-8-9-19(26)24(22-17)14-18(25)21-15-4-6-16(7-5-15)30(27,28)23-10-12-29-13-11-23/h4-9H,10-14H2,1-3H3,(H,21,25). The van der Waals surface area contributed by atoms with E-state index in [1.54, 1.807) is 6.07 Å². The van der Waals surface area contributed by atoms with E-state index in [4.69, 9.17) is 4.74 Å². The highest BCUT2D eigenvalue weighted by molar-refractivity contribution is 7.89. The summed E-state index contributed by atoms with van der Waals surface area (Å²) in [5, 5.41) is 6.94. The minimum Gasteiger partial charge on any atom is -0.379 e. The molecule has 1 amide bonds. The molecule has 0 bridgehead atoms. The Labute approximate surface area is 175 Å². The molecule has 0 unspecified atom stereocenters. The van der Waals surface area contributed by atoms with Crippen molar-refractivity contribution in [1.82, 2.24) is 14.1 Å². The quantitative estimate of drug-likeness (QED) is 0.757. The molecule has 1 N–H and O–H groups in total. The molecular weight excluding hydrogens is 408 g/mol. The molecule has 1 aliphatic rings. The molecule has 0 radical (unpaired) electrons. The lowest BCUT2D eigenvalue weighted by molar-refractivity contribution is -0.117. The number of aromatic nitrogens is 2. The molecule has 2 aromatic rings. The number of morpholine rings is 1. The van der Waals surface area contributed by atoms with Gasteiger partial charge in [0.25, 0.3) is 5.56 Å². The first-order chi connectivity index (χ1) is 14.1. The van der Waals surface area contributed by atoms with Crippen molar-refractivity contribution in [1.29, 1.82) is 0 Å². The lowest BCUT2D eigenvalue weighted by atomic mass is 9.92. The number of anilines is 1. The molecule has 0 spiro atoms. The zero-order valence-corrected chi connectivity index (χ0v) is 18.1. The van der Waals surface area contributed by atoms with Crippen molar-refractivity contribution in [3.05, 3.63) is 52.4 Å². The highest BCUT2D eigenvalue weighted by atomic mass is 32.2. The van der Waals surface area contributed by atoms with Crippen LogP contribution in [0.4, 0.5) is 5.69 Å². The summed E-state index contributed by atoms with van der Waals surface area (Å²) in [5.41, 5.74) is 0.506. The lowest BCUT2D eigenvalue weighted by Crippen LogP contribution is -2.40. The molecule has 9 nitrogen and oxygen atoms in total. The Morgan fingerprint density at radius 2 is 1.73 bits per heavy atom. The van der Waals surface area contributed by atoms with Crippen LogP contribution < -0.4 is 10.9 Å². The molecule has 0 saturated carbocycles. The van der Waals surface area contributed by atoms with E-state index in [0.29, 0.717) is 37.7 Å². The average molecular weight is 435 g/mol. The van der Waals surface area contributed by atoms with Crippen LogP contribution in [-0.2, 0) is 31.5 Å². The topological polar surface area (TPSA) is 111 Å². The maximum atomic E-state index is 12.6. The van der Waals surface area contributed by atoms with E-state index < -0.39 is 15.9 Å². The molecule has 1 saturated heterocycles. The molecule has 1 aromatic heterocycles. The Morgan fingerprint density at radius 1 is 1.10 bits per heavy atom. The van der Waals surface area contributed by atoms with Gasteiger partial charge in [-0.05, 0) is 30.3 Å². The molecule has 1 aromatic carbocycles. The van der Waals surface area contributed by atoms with Crippen LogP contribution in [0.3, 0.4) is 0 Å². The van der Waals surface area contributed by atoms with Crippen molar-refractivity contribution in [3.8, 4) is 0 Å². The third-order valence-electron chi connectivity index (χ3n) is 4.67. The van der Waals surface area contributed by atoms with Crippen molar-refractivity contribution in [2.24, 2.45) is 0 Å². The molecule has 3 rings (SSSR count). The molecular formula is C20H26N4O5S. The third kappa shape index (κ3) is 5.13. The van der Waals surface area contributed by atoms with Crippen molar-refractivity contribution in [3.63, 3.8) is 0 Å². The van der Waals surface area contributed by atoms with Crippen molar-refractivity contribution in [2.45, 2.75) is 37.6 Å². The molecule has 162 valence electrons. The van der Waals surface area contributed by atoms with Gasteiger partial charge in [0.2, 0.25) is 15.9 Å². The van der Waals surface area contributed by atoms with Crippen LogP contribution in [0.5, 0.6) is 0 Å². The van der Waals surface area contributed by atoms with Crippen LogP contribution in [0.1, 0.15) is 26.5 Å². The predicted octanol–water partition coefficient (Wildman–Crippen LogP) is 1.20. The van der Waals surface area contributed by atoms with Gasteiger partial charge in [-0.1, -0.05) is 20.8 Å². The number of amides is 1. The van der Waals surface area contributed by atoms with Crippen LogP contribution in [0, 0.1) is 0 Å². The summed E-state index contributed by atoms with van der Waals surface area (Å²) in [4.78, 5) is 24.6. The first-order valence-electron chi connectivity index (χ1n) is 9.64. The fourth-order valence-electron chi connectivity index (χ4n) is 2.95. The summed E-state index contributed by atoms with van der Waals surface area (Å²) < 4.78 is 33.0. The van der Waals surface area contributed by atoms with Gasteiger partial charge in [0.05, 0.1) is 23.8 Å². The largest absolute Gasteiger partial charge is 0.379 e. The van der Waals surface area contributed by atoms with E-state index >= 15 is 0 Å². The lowest BCUT2D eigenvalue weighted by Gasteiger charge is -2.26. The summed E-state index contributed by atoms with van der Waals surface area (Å²) in [6, 6.07) is 8.99. The van der Waals surface area contributed by atoms with Crippen molar-refractivity contribution < 1.29 is 17.9 Å². The number of nitrogens with zero attached hydrogens (tertiary/aromatic N) is 3. The van der Waals surface area contributed by atoms with Gasteiger partial charge >= 0.3 is 0 Å². The van der Waals surface area contributed by atoms with Crippen LogP contribution in [0.15, 0.2) is 46.1 Å². The summed E-state index contributed by atoms with van der Waals surface area (Å²) in [7, 11) is -3.60. The summed E-state index contributed by atoms with van der Waals surface area (Å²) in [6.45, 7) is 7.04. The smallest absolute Gasteiger partial charge is 0.267 e. The number of nitrogens with one attached hydrogen (secondary N) is 1. The van der Waals surface area contributed by atoms with Gasteiger partial charge in [-0.25, -0.2) is 13.1 Å². The number of rotatable bonds is 5. The van der Waals surface area contributed by atoms with E-state index in [1.807, 2.05) is 20.8 Å². The minimum atomic E-state index is -3.60. The first-order valence-corrected chi connectivity index (χ1v) is 11.1. The van der Waals surface area contributed by atoms with Gasteiger partial charge < -0.3 is 10.1 Å². The maximum Gasteiger partial charge on any atom is 0.267 e. The van der Waals surface area contributed by atoms with Gasteiger partial charge in [0.1, 0.15) is 6.54 Å². The first kappa shape index (κ1) is 22.1. The normalized spacial score (nSPS) is 15.7. The number of carbonyl (C=O) groups is 1. The summed E-state index contributed by atoms with van der Waals surface area (Å²) >= 11 is 0. The number of ether oxygens (including phenoxy) is 1. The monoisotopic (exact) mass is 434 g/mol. The van der Waals surface area contributed by atoms with Gasteiger partial charge in [-0.15, -0.1) is 0 Å². The Morgan fingerprint density at radius 3 is 2.33 bits per heavy atom. The number of benzene rings is 1. The number of hydrogen-bond donors (Lipinski definition) is 1. The average Bonchev–Trinajstić information content (AvgIpc) is 2.70. The Kier molecular flexibility index (Phi) is 6.39. The zero-order valence-electron chi connectivity index (χ0n) is 17.3. The van der Waals surface area contributed by atoms with Crippen LogP contribution >= 0.6 is 0 Å². The zero-order chi connectivity index (χ0) is 21.9. The minimum absolute atomic E-state index is 0.151. The number of sulfonamides is 1. The van der Waals surface area contributed by atoms with Crippen molar-refractivity contribution >= 4 is 21.6 Å². The highest BCUT2D eigenvalue weighted by Gasteiger charge is 2.26. The van der Waals surface area contributed by atoms with E-state index in [1.165, 1.54) is 34.6 Å². The maximum absolute atomic E-state index is 12.6. The second-order valence-corrected chi connectivity index (χ2v) is 9.99. The third-order valence-corrected chi connectivity index (χ3v) is 6.59. The Bertz CT molecular complexity index is 1070. The molecule has 10 heteroatoms. The fraction of sp³-hybridized carbons (Fsp3) is 0.450. The van der Waals surface area contributed by atoms with E-state index in [-0.39, 0.29) is 22.4 Å². The molecule has 0 atom stereocenters. The van der Waals surface area contributed by atoms with Crippen LogP contribution in [0.25, 0.3) is 0 Å². The van der Waals surface area contributed by atoms with Gasteiger partial charge in [0, 0.05) is 30.3 Å². The second-order valence-electron chi connectivity index (χ2n) is 8.05. The molecule has 1 aliphatic heterocycles. The molecule has 30 heavy (non-hydrogen) atoms. The molecule has 2 heterocycles. The molecule has 0 aliphatic carbocycles. The summed E-state index contributed by atoms with van der Waals surface area (Å²) in [6.07, 6.45) is 0. The van der Waals surface area contributed by atoms with E-state index in [2.05, 4.69) is 10.4 Å². The number of hydrogen-bond acceptors (Lipinski definition) is 6. The second kappa shape index (κ2) is 8.66. The van der Waals surface area contributed by atoms with E-state index in [9.17, 15) is 18.0 Å². The highest BCUT2D eigenvalue weighted by Crippen LogP contribution is 2.20. The SMILES string of the molecule is CC(C)(C)c1ccc(=O)n(CC(=O)Nc2ccc(S(=O)(=O)N3CCOCC3)cc2)n1. The fourth-order valence-corrected chi connectivity index (χ4v) is 4.35. The van der Waals surface area contributed by atoms with Crippen LogP contribution in [0.2, 0.25) is 0 Å². The predicted molar refractivity (Wildman–Crippen MR) is 112 cm³/mol. The van der Waals surface area contributed by atoms with E-state index in [0.717, 1.165) is 4.68 Å². The van der Waals surface area contributed by atoms with Gasteiger partial charge in [-0.3, -0.25) is 9.59 Å². The van der Waals surface area contributed by atoms with Gasteiger partial charge in [0.15, 0.2) is 0 Å². The Balaban J connectivity index is 1.69. The Hall–Kier alpha value is -2.56.